The Morgan fingerprint density at radius 3 is 2.32 bits per heavy atom. The van der Waals surface area contributed by atoms with Gasteiger partial charge in [-0.05, 0) is 56.0 Å². The summed E-state index contributed by atoms with van der Waals surface area (Å²) in [5.74, 6) is 7.50. The van der Waals surface area contributed by atoms with Crippen LogP contribution >= 0.6 is 0 Å². The molecule has 0 heterocycles. The highest BCUT2D eigenvalue weighted by molar-refractivity contribution is 5.68. The summed E-state index contributed by atoms with van der Waals surface area (Å²) in [5, 5.41) is 0. The largest absolute Gasteiger partial charge is 0.490 e. The van der Waals surface area contributed by atoms with Gasteiger partial charge >= 0.3 is 0 Å². The van der Waals surface area contributed by atoms with Crippen molar-refractivity contribution in [3.05, 3.63) is 70.8 Å². The van der Waals surface area contributed by atoms with Crippen LogP contribution in [0, 0.1) is 24.8 Å². The maximum Gasteiger partial charge on any atom is 0.130 e. The molecule has 25 heavy (non-hydrogen) atoms. The monoisotopic (exact) mass is 331 g/mol. The van der Waals surface area contributed by atoms with E-state index in [9.17, 15) is 0 Å². The van der Waals surface area contributed by atoms with E-state index in [1.807, 2.05) is 30.3 Å². The molecule has 0 atom stereocenters. The zero-order valence-electron chi connectivity index (χ0n) is 16.2. The van der Waals surface area contributed by atoms with Gasteiger partial charge in [0.05, 0.1) is 6.10 Å². The van der Waals surface area contributed by atoms with Gasteiger partial charge in [0.2, 0.25) is 0 Å². The van der Waals surface area contributed by atoms with Crippen molar-refractivity contribution in [2.45, 2.75) is 53.1 Å². The van der Waals surface area contributed by atoms with Crippen LogP contribution in [0.15, 0.2) is 36.9 Å². The number of hydrogen-bond donors (Lipinski definition) is 0. The first kappa shape index (κ1) is 18.9. The van der Waals surface area contributed by atoms with E-state index in [4.69, 9.17) is 4.74 Å². The third-order valence-electron chi connectivity index (χ3n) is 4.01. The maximum atomic E-state index is 6.17. The van der Waals surface area contributed by atoms with Crippen LogP contribution in [0.5, 0.6) is 5.75 Å². The Labute approximate surface area is 152 Å². The van der Waals surface area contributed by atoms with Gasteiger partial charge in [0.1, 0.15) is 5.75 Å². The SMILES string of the molecule is C=Cc1c(C)c(C#Cc2cc[c]cc2)cc(C(C)(C)C)c1OC(C)C. The van der Waals surface area contributed by atoms with E-state index in [0.717, 1.165) is 33.6 Å². The molecule has 0 spiro atoms. The lowest BCUT2D eigenvalue weighted by Crippen LogP contribution is -2.18. The lowest BCUT2D eigenvalue weighted by atomic mass is 9.82. The fourth-order valence-electron chi connectivity index (χ4n) is 2.68. The van der Waals surface area contributed by atoms with Crippen molar-refractivity contribution >= 4 is 6.08 Å². The van der Waals surface area contributed by atoms with Crippen molar-refractivity contribution in [2.75, 3.05) is 0 Å². The van der Waals surface area contributed by atoms with Gasteiger partial charge in [0.25, 0.3) is 0 Å². The molecule has 0 aliphatic heterocycles. The van der Waals surface area contributed by atoms with E-state index in [0.29, 0.717) is 0 Å². The first-order valence-corrected chi connectivity index (χ1v) is 8.69. The number of rotatable bonds is 3. The van der Waals surface area contributed by atoms with E-state index in [2.05, 4.69) is 72.1 Å². The average Bonchev–Trinajstić information content (AvgIpc) is 2.53. The molecule has 1 heteroatoms. The smallest absolute Gasteiger partial charge is 0.130 e. The lowest BCUT2D eigenvalue weighted by Gasteiger charge is -2.27. The summed E-state index contributed by atoms with van der Waals surface area (Å²) in [4.78, 5) is 0. The number of benzene rings is 2. The minimum Gasteiger partial charge on any atom is -0.490 e. The van der Waals surface area contributed by atoms with Gasteiger partial charge in [-0.15, -0.1) is 0 Å². The molecule has 0 saturated heterocycles. The van der Waals surface area contributed by atoms with Crippen LogP contribution in [0.1, 0.15) is 62.4 Å². The fourth-order valence-corrected chi connectivity index (χ4v) is 2.68. The summed E-state index contributed by atoms with van der Waals surface area (Å²) < 4.78 is 6.17. The topological polar surface area (TPSA) is 9.23 Å². The minimum atomic E-state index is -0.0478. The molecule has 0 aliphatic carbocycles. The molecule has 0 bridgehead atoms. The lowest BCUT2D eigenvalue weighted by molar-refractivity contribution is 0.236. The minimum absolute atomic E-state index is 0.0478. The Hall–Kier alpha value is -2.46. The Bertz CT molecular complexity index is 809. The zero-order valence-corrected chi connectivity index (χ0v) is 16.2. The second-order valence-corrected chi connectivity index (χ2v) is 7.50. The second-order valence-electron chi connectivity index (χ2n) is 7.50. The number of hydrogen-bond acceptors (Lipinski definition) is 1. The van der Waals surface area contributed by atoms with Crippen molar-refractivity contribution in [3.63, 3.8) is 0 Å². The van der Waals surface area contributed by atoms with Gasteiger partial charge in [-0.1, -0.05) is 57.4 Å². The van der Waals surface area contributed by atoms with Crippen LogP contribution in [0.25, 0.3) is 6.08 Å². The van der Waals surface area contributed by atoms with Crippen molar-refractivity contribution in [3.8, 4) is 17.6 Å². The molecular formula is C24H27O. The van der Waals surface area contributed by atoms with E-state index in [1.165, 1.54) is 0 Å². The summed E-state index contributed by atoms with van der Waals surface area (Å²) in [7, 11) is 0. The van der Waals surface area contributed by atoms with Crippen LogP contribution < -0.4 is 4.74 Å². The van der Waals surface area contributed by atoms with Crippen LogP contribution in [0.3, 0.4) is 0 Å². The van der Waals surface area contributed by atoms with Gasteiger partial charge in [0.15, 0.2) is 0 Å². The summed E-state index contributed by atoms with van der Waals surface area (Å²) in [6, 6.07) is 12.9. The normalized spacial score (nSPS) is 11.0. The van der Waals surface area contributed by atoms with Crippen LogP contribution in [0.4, 0.5) is 0 Å². The van der Waals surface area contributed by atoms with Crippen LogP contribution in [-0.2, 0) is 5.41 Å². The second kappa shape index (κ2) is 7.62. The highest BCUT2D eigenvalue weighted by atomic mass is 16.5. The Balaban J connectivity index is 2.67. The van der Waals surface area contributed by atoms with E-state index in [1.54, 1.807) is 0 Å². The molecule has 2 aromatic rings. The van der Waals surface area contributed by atoms with Crippen LogP contribution in [0.2, 0.25) is 0 Å². The Morgan fingerprint density at radius 1 is 1.16 bits per heavy atom. The molecule has 0 fully saturated rings. The third kappa shape index (κ3) is 4.54. The highest BCUT2D eigenvalue weighted by Gasteiger charge is 2.24. The predicted octanol–water partition coefficient (Wildman–Crippen LogP) is 5.92. The standard InChI is InChI=1S/C24H27O/c1-8-21-18(4)20(15-14-19-12-10-9-11-13-19)16-22(24(5,6)7)23(21)25-17(2)3/h8,10-13,16-17H,1H2,2-7H3. The molecule has 0 saturated carbocycles. The molecular weight excluding hydrogens is 304 g/mol. The fraction of sp³-hybridized carbons (Fsp3) is 0.333. The average molecular weight is 331 g/mol. The summed E-state index contributed by atoms with van der Waals surface area (Å²) >= 11 is 0. The maximum absolute atomic E-state index is 6.17. The Kier molecular flexibility index (Phi) is 5.75. The quantitative estimate of drug-likeness (QED) is 0.634. The Morgan fingerprint density at radius 2 is 1.80 bits per heavy atom. The molecule has 0 aromatic heterocycles. The van der Waals surface area contributed by atoms with E-state index < -0.39 is 0 Å². The molecule has 129 valence electrons. The van der Waals surface area contributed by atoms with E-state index >= 15 is 0 Å². The highest BCUT2D eigenvalue weighted by Crippen LogP contribution is 2.38. The van der Waals surface area contributed by atoms with Gasteiger partial charge in [-0.3, -0.25) is 0 Å². The third-order valence-corrected chi connectivity index (χ3v) is 4.01. The first-order valence-electron chi connectivity index (χ1n) is 8.69. The first-order chi connectivity index (χ1) is 11.7. The van der Waals surface area contributed by atoms with Crippen molar-refractivity contribution in [1.82, 2.24) is 0 Å². The van der Waals surface area contributed by atoms with Crippen molar-refractivity contribution in [1.29, 1.82) is 0 Å². The van der Waals surface area contributed by atoms with E-state index in [-0.39, 0.29) is 11.5 Å². The molecule has 1 nitrogen and oxygen atoms in total. The molecule has 0 unspecified atom stereocenters. The van der Waals surface area contributed by atoms with Crippen LogP contribution in [-0.4, -0.2) is 6.10 Å². The van der Waals surface area contributed by atoms with Crippen molar-refractivity contribution in [2.24, 2.45) is 0 Å². The molecule has 2 aromatic carbocycles. The van der Waals surface area contributed by atoms with Gasteiger partial charge < -0.3 is 4.74 Å². The zero-order chi connectivity index (χ0) is 18.6. The van der Waals surface area contributed by atoms with Gasteiger partial charge in [0, 0.05) is 22.3 Å². The molecule has 0 aliphatic rings. The molecule has 0 amide bonds. The summed E-state index contributed by atoms with van der Waals surface area (Å²) in [5.41, 5.74) is 5.25. The number of ether oxygens (including phenoxy) is 1. The predicted molar refractivity (Wildman–Crippen MR) is 107 cm³/mol. The summed E-state index contributed by atoms with van der Waals surface area (Å²) in [6.07, 6.45) is 1.99. The van der Waals surface area contributed by atoms with Gasteiger partial charge in [-0.25, -0.2) is 0 Å². The summed E-state index contributed by atoms with van der Waals surface area (Å²) in [6.45, 7) is 16.8. The van der Waals surface area contributed by atoms with Crippen molar-refractivity contribution < 1.29 is 4.74 Å². The molecule has 0 N–H and O–H groups in total. The van der Waals surface area contributed by atoms with Gasteiger partial charge in [-0.2, -0.15) is 0 Å². The molecule has 1 radical (unpaired) electrons. The molecule has 2 rings (SSSR count).